The number of aromatic nitrogens is 5. The highest BCUT2D eigenvalue weighted by molar-refractivity contribution is 7.92. The molecule has 13 heteroatoms. The molecule has 5 aromatic rings. The fraction of sp³-hybridized carbons (Fsp3) is 0.0435. The lowest BCUT2D eigenvalue weighted by Crippen LogP contribution is -2.15. The summed E-state index contributed by atoms with van der Waals surface area (Å²) in [6.07, 6.45) is -1.47. The van der Waals surface area contributed by atoms with Crippen molar-refractivity contribution in [3.05, 3.63) is 89.7 Å². The molecule has 5 rings (SSSR count). The normalized spacial score (nSPS) is 12.1. The van der Waals surface area contributed by atoms with Gasteiger partial charge in [-0.15, -0.1) is 10.2 Å². The zero-order valence-electron chi connectivity index (χ0n) is 18.0. The first-order chi connectivity index (χ1) is 17.1. The van der Waals surface area contributed by atoms with E-state index in [1.165, 1.54) is 16.6 Å². The monoisotopic (exact) mass is 530 g/mol. The Bertz CT molecular complexity index is 1690. The van der Waals surface area contributed by atoms with Gasteiger partial charge in [-0.25, -0.2) is 8.42 Å². The molecule has 1 N–H and O–H groups in total. The SMILES string of the molecule is O=S(=O)(Nc1cccc(-c2ccc3nnc(-c4cccnc4)n3n2)c1)c1cc(C(F)(F)F)ccc1Cl. The third-order valence-corrected chi connectivity index (χ3v) is 7.00. The molecule has 182 valence electrons. The van der Waals surface area contributed by atoms with Crippen LogP contribution in [0.2, 0.25) is 5.02 Å². The Morgan fingerprint density at radius 2 is 1.72 bits per heavy atom. The molecule has 3 aromatic heterocycles. The molecule has 2 aromatic carbocycles. The quantitative estimate of drug-likeness (QED) is 0.330. The number of hydrogen-bond acceptors (Lipinski definition) is 6. The summed E-state index contributed by atoms with van der Waals surface area (Å²) in [5, 5.41) is 12.5. The van der Waals surface area contributed by atoms with Gasteiger partial charge >= 0.3 is 6.18 Å². The molecule has 0 aliphatic heterocycles. The molecule has 0 aliphatic carbocycles. The van der Waals surface area contributed by atoms with E-state index < -0.39 is 26.7 Å². The van der Waals surface area contributed by atoms with E-state index in [-0.39, 0.29) is 10.7 Å². The smallest absolute Gasteiger partial charge is 0.280 e. The van der Waals surface area contributed by atoms with Crippen LogP contribution >= 0.6 is 11.6 Å². The Balaban J connectivity index is 1.49. The Hall–Kier alpha value is -4.03. The van der Waals surface area contributed by atoms with Crippen LogP contribution < -0.4 is 4.72 Å². The van der Waals surface area contributed by atoms with Gasteiger partial charge in [0.15, 0.2) is 11.5 Å². The molecule has 3 heterocycles. The van der Waals surface area contributed by atoms with Gasteiger partial charge < -0.3 is 0 Å². The lowest BCUT2D eigenvalue weighted by molar-refractivity contribution is -0.137. The Kier molecular flexibility index (Phi) is 5.85. The number of anilines is 1. The van der Waals surface area contributed by atoms with Crippen molar-refractivity contribution in [2.75, 3.05) is 4.72 Å². The maximum Gasteiger partial charge on any atom is 0.416 e. The van der Waals surface area contributed by atoms with Crippen molar-refractivity contribution in [1.82, 2.24) is 24.8 Å². The highest BCUT2D eigenvalue weighted by Crippen LogP contribution is 2.34. The van der Waals surface area contributed by atoms with Crippen LogP contribution in [0.5, 0.6) is 0 Å². The molecule has 0 saturated carbocycles. The molecule has 0 unspecified atom stereocenters. The first-order valence-corrected chi connectivity index (χ1v) is 12.1. The molecule has 0 bridgehead atoms. The average Bonchev–Trinajstić information content (AvgIpc) is 3.27. The number of sulfonamides is 1. The fourth-order valence-electron chi connectivity index (χ4n) is 3.46. The maximum absolute atomic E-state index is 13.1. The van der Waals surface area contributed by atoms with Crippen molar-refractivity contribution in [2.45, 2.75) is 11.1 Å². The molecule has 0 radical (unpaired) electrons. The summed E-state index contributed by atoms with van der Waals surface area (Å²) in [6.45, 7) is 0. The Morgan fingerprint density at radius 1 is 0.917 bits per heavy atom. The Labute approximate surface area is 207 Å². The molecule has 36 heavy (non-hydrogen) atoms. The molecule has 0 aliphatic rings. The Morgan fingerprint density at radius 3 is 2.47 bits per heavy atom. The molecule has 0 saturated heterocycles. The summed E-state index contributed by atoms with van der Waals surface area (Å²) in [5.74, 6) is 0.469. The van der Waals surface area contributed by atoms with E-state index in [2.05, 4.69) is 25.0 Å². The van der Waals surface area contributed by atoms with Gasteiger partial charge in [-0.2, -0.15) is 22.8 Å². The van der Waals surface area contributed by atoms with E-state index in [9.17, 15) is 21.6 Å². The first kappa shape index (κ1) is 23.7. The zero-order chi connectivity index (χ0) is 25.5. The van der Waals surface area contributed by atoms with Crippen molar-refractivity contribution < 1.29 is 21.6 Å². The number of benzene rings is 2. The second kappa shape index (κ2) is 8.88. The number of hydrogen-bond donors (Lipinski definition) is 1. The van der Waals surface area contributed by atoms with Crippen LogP contribution in [0.15, 0.2) is 84.0 Å². The van der Waals surface area contributed by atoms with Crippen LogP contribution in [0.25, 0.3) is 28.3 Å². The van der Waals surface area contributed by atoms with Crippen molar-refractivity contribution in [3.8, 4) is 22.6 Å². The van der Waals surface area contributed by atoms with Crippen LogP contribution in [-0.2, 0) is 16.2 Å². The van der Waals surface area contributed by atoms with Gasteiger partial charge in [0.2, 0.25) is 0 Å². The van der Waals surface area contributed by atoms with E-state index in [1.54, 1.807) is 42.7 Å². The van der Waals surface area contributed by atoms with Crippen molar-refractivity contribution >= 4 is 33.0 Å². The number of pyridine rings is 1. The van der Waals surface area contributed by atoms with Gasteiger partial charge in [-0.3, -0.25) is 9.71 Å². The standard InChI is InChI=1S/C23H14ClF3N6O2S/c24-18-7-6-16(23(25,26)27)12-20(18)36(34,35)32-17-5-1-3-14(11-17)19-8-9-21-29-30-22(33(21)31-19)15-4-2-10-28-13-15/h1-13,32H. The van der Waals surface area contributed by atoms with Gasteiger partial charge in [0.25, 0.3) is 10.0 Å². The highest BCUT2D eigenvalue weighted by Gasteiger charge is 2.32. The molecule has 0 spiro atoms. The van der Waals surface area contributed by atoms with E-state index >= 15 is 0 Å². The number of rotatable bonds is 5. The topological polar surface area (TPSA) is 102 Å². The lowest BCUT2D eigenvalue weighted by Gasteiger charge is -2.13. The molecular formula is C23H14ClF3N6O2S. The van der Waals surface area contributed by atoms with Gasteiger partial charge in [-0.05, 0) is 54.6 Å². The van der Waals surface area contributed by atoms with Crippen LogP contribution in [0, 0.1) is 0 Å². The lowest BCUT2D eigenvalue weighted by atomic mass is 10.1. The number of nitrogens with zero attached hydrogens (tertiary/aromatic N) is 5. The van der Waals surface area contributed by atoms with Gasteiger partial charge in [-0.1, -0.05) is 23.7 Å². The third-order valence-electron chi connectivity index (χ3n) is 5.14. The third kappa shape index (κ3) is 4.60. The minimum atomic E-state index is -4.73. The molecule has 0 amide bonds. The highest BCUT2D eigenvalue weighted by atomic mass is 35.5. The predicted octanol–water partition coefficient (Wildman–Crippen LogP) is 5.33. The van der Waals surface area contributed by atoms with Gasteiger partial charge in [0.05, 0.1) is 16.3 Å². The van der Waals surface area contributed by atoms with Gasteiger partial charge in [0, 0.05) is 29.2 Å². The number of alkyl halides is 3. The fourth-order valence-corrected chi connectivity index (χ4v) is 5.03. The van der Waals surface area contributed by atoms with Crippen LogP contribution in [0.1, 0.15) is 5.56 Å². The summed E-state index contributed by atoms with van der Waals surface area (Å²) in [4.78, 5) is 3.39. The number of fused-ring (bicyclic) bond motifs is 1. The zero-order valence-corrected chi connectivity index (χ0v) is 19.6. The van der Waals surface area contributed by atoms with E-state index in [0.717, 1.165) is 6.07 Å². The van der Waals surface area contributed by atoms with Crippen LogP contribution in [-0.4, -0.2) is 33.2 Å². The summed E-state index contributed by atoms with van der Waals surface area (Å²) < 4.78 is 68.9. The average molecular weight is 531 g/mol. The molecule has 0 atom stereocenters. The van der Waals surface area contributed by atoms with Crippen LogP contribution in [0.4, 0.5) is 18.9 Å². The summed E-state index contributed by atoms with van der Waals surface area (Å²) in [7, 11) is -4.43. The molecular weight excluding hydrogens is 517 g/mol. The molecule has 8 nitrogen and oxygen atoms in total. The number of halogens is 4. The molecule has 0 fully saturated rings. The predicted molar refractivity (Wildman–Crippen MR) is 127 cm³/mol. The second-order valence-corrected chi connectivity index (χ2v) is 9.64. The van der Waals surface area contributed by atoms with E-state index in [4.69, 9.17) is 11.6 Å². The summed E-state index contributed by atoms with van der Waals surface area (Å²) >= 11 is 5.92. The number of nitrogens with one attached hydrogen (secondary N) is 1. The maximum atomic E-state index is 13.1. The van der Waals surface area contributed by atoms with Crippen molar-refractivity contribution in [2.24, 2.45) is 0 Å². The minimum Gasteiger partial charge on any atom is -0.280 e. The van der Waals surface area contributed by atoms with Gasteiger partial charge in [0.1, 0.15) is 4.90 Å². The first-order valence-electron chi connectivity index (χ1n) is 10.2. The van der Waals surface area contributed by atoms with E-state index in [1.807, 2.05) is 6.07 Å². The van der Waals surface area contributed by atoms with E-state index in [0.29, 0.717) is 40.4 Å². The summed E-state index contributed by atoms with van der Waals surface area (Å²) in [5.41, 5.74) is 1.20. The van der Waals surface area contributed by atoms with Crippen molar-refractivity contribution in [3.63, 3.8) is 0 Å². The second-order valence-electron chi connectivity index (χ2n) is 7.58. The minimum absolute atomic E-state index is 0.110. The largest absolute Gasteiger partial charge is 0.416 e. The van der Waals surface area contributed by atoms with Crippen LogP contribution in [0.3, 0.4) is 0 Å². The van der Waals surface area contributed by atoms with Crippen molar-refractivity contribution in [1.29, 1.82) is 0 Å². The summed E-state index contributed by atoms with van der Waals surface area (Å²) in [6, 6.07) is 15.3.